The molecular formula is C21H23N3O2S. The summed E-state index contributed by atoms with van der Waals surface area (Å²) in [6, 6.07) is 11.7. The van der Waals surface area contributed by atoms with Gasteiger partial charge < -0.3 is 21.0 Å². The molecule has 140 valence electrons. The summed E-state index contributed by atoms with van der Waals surface area (Å²) < 4.78 is 5.40. The predicted molar refractivity (Wildman–Crippen MR) is 110 cm³/mol. The van der Waals surface area contributed by atoms with E-state index in [0.29, 0.717) is 11.4 Å². The third-order valence-corrected chi connectivity index (χ3v) is 6.27. The number of hydrogen-bond donors (Lipinski definition) is 3. The van der Waals surface area contributed by atoms with Gasteiger partial charge in [0.1, 0.15) is 4.83 Å². The molecule has 1 unspecified atom stereocenters. The Kier molecular flexibility index (Phi) is 4.95. The van der Waals surface area contributed by atoms with Crippen LogP contribution in [0.2, 0.25) is 0 Å². The van der Waals surface area contributed by atoms with E-state index >= 15 is 0 Å². The lowest BCUT2D eigenvalue weighted by Gasteiger charge is -2.25. The number of fused-ring (bicyclic) bond motifs is 1. The third-order valence-electron chi connectivity index (χ3n) is 5.16. The SMILES string of the molecule is CC(=N)c1cc(-c2ccc3cc(C(O)C4CCOCC4)sc3n2)ccc1N. The summed E-state index contributed by atoms with van der Waals surface area (Å²) in [5.41, 5.74) is 9.53. The van der Waals surface area contributed by atoms with Gasteiger partial charge in [-0.2, -0.15) is 0 Å². The van der Waals surface area contributed by atoms with Crippen molar-refractivity contribution >= 4 is 33.0 Å². The largest absolute Gasteiger partial charge is 0.398 e. The number of ether oxygens (including phenoxy) is 1. The molecule has 1 aromatic carbocycles. The highest BCUT2D eigenvalue weighted by molar-refractivity contribution is 7.18. The number of nitrogen functional groups attached to an aromatic ring is 1. The predicted octanol–water partition coefficient (Wildman–Crippen LogP) is 4.39. The molecule has 5 nitrogen and oxygen atoms in total. The topological polar surface area (TPSA) is 92.2 Å². The summed E-state index contributed by atoms with van der Waals surface area (Å²) >= 11 is 1.55. The van der Waals surface area contributed by atoms with Gasteiger partial charge >= 0.3 is 0 Å². The Morgan fingerprint density at radius 3 is 2.78 bits per heavy atom. The van der Waals surface area contributed by atoms with Crippen molar-refractivity contribution in [2.75, 3.05) is 18.9 Å². The van der Waals surface area contributed by atoms with E-state index in [4.69, 9.17) is 20.9 Å². The Hall–Kier alpha value is -2.28. The van der Waals surface area contributed by atoms with E-state index in [0.717, 1.165) is 58.0 Å². The van der Waals surface area contributed by atoms with E-state index in [-0.39, 0.29) is 5.92 Å². The molecule has 2 aromatic heterocycles. The summed E-state index contributed by atoms with van der Waals surface area (Å²) in [6.45, 7) is 3.18. The molecule has 4 rings (SSSR count). The minimum Gasteiger partial charge on any atom is -0.398 e. The second-order valence-electron chi connectivity index (χ2n) is 7.06. The van der Waals surface area contributed by atoms with Crippen molar-refractivity contribution in [2.24, 2.45) is 5.92 Å². The van der Waals surface area contributed by atoms with E-state index < -0.39 is 6.10 Å². The Labute approximate surface area is 162 Å². The maximum atomic E-state index is 10.8. The Balaban J connectivity index is 1.67. The summed E-state index contributed by atoms with van der Waals surface area (Å²) in [4.78, 5) is 6.68. The van der Waals surface area contributed by atoms with Crippen LogP contribution in [-0.2, 0) is 4.74 Å². The van der Waals surface area contributed by atoms with Gasteiger partial charge in [-0.05, 0) is 56.0 Å². The number of anilines is 1. The second-order valence-corrected chi connectivity index (χ2v) is 8.12. The van der Waals surface area contributed by atoms with Gasteiger partial charge in [0.15, 0.2) is 0 Å². The zero-order chi connectivity index (χ0) is 19.0. The number of nitrogens with zero attached hydrogens (tertiary/aromatic N) is 1. The number of nitrogens with one attached hydrogen (secondary N) is 1. The second kappa shape index (κ2) is 7.38. The van der Waals surface area contributed by atoms with Crippen molar-refractivity contribution in [2.45, 2.75) is 25.9 Å². The number of hydrogen-bond acceptors (Lipinski definition) is 6. The minimum atomic E-state index is -0.458. The van der Waals surface area contributed by atoms with Crippen LogP contribution < -0.4 is 5.73 Å². The minimum absolute atomic E-state index is 0.251. The number of aliphatic hydroxyl groups excluding tert-OH is 1. The summed E-state index contributed by atoms with van der Waals surface area (Å²) in [5, 5.41) is 19.7. The smallest absolute Gasteiger partial charge is 0.124 e. The molecule has 1 atom stereocenters. The van der Waals surface area contributed by atoms with Gasteiger partial charge in [0.05, 0.1) is 11.8 Å². The van der Waals surface area contributed by atoms with Crippen LogP contribution in [0, 0.1) is 11.3 Å². The molecule has 6 heteroatoms. The van der Waals surface area contributed by atoms with Crippen molar-refractivity contribution in [1.82, 2.24) is 4.98 Å². The average Bonchev–Trinajstić information content (AvgIpc) is 3.11. The van der Waals surface area contributed by atoms with E-state index in [9.17, 15) is 5.11 Å². The number of nitrogens with two attached hydrogens (primary N) is 1. The molecule has 0 saturated carbocycles. The van der Waals surface area contributed by atoms with Gasteiger partial charge in [0.25, 0.3) is 0 Å². The number of benzene rings is 1. The van der Waals surface area contributed by atoms with E-state index in [1.165, 1.54) is 0 Å². The first-order valence-electron chi connectivity index (χ1n) is 9.14. The highest BCUT2D eigenvalue weighted by atomic mass is 32.1. The lowest BCUT2D eigenvalue weighted by atomic mass is 9.93. The molecule has 0 bridgehead atoms. The van der Waals surface area contributed by atoms with Crippen molar-refractivity contribution in [3.8, 4) is 11.3 Å². The molecule has 4 N–H and O–H groups in total. The quantitative estimate of drug-likeness (QED) is 0.461. The van der Waals surface area contributed by atoms with Gasteiger partial charge in [0.2, 0.25) is 0 Å². The summed E-state index contributed by atoms with van der Waals surface area (Å²) in [6.07, 6.45) is 1.33. The zero-order valence-corrected chi connectivity index (χ0v) is 16.1. The lowest BCUT2D eigenvalue weighted by molar-refractivity contribution is 0.00856. The molecule has 3 heterocycles. The molecule has 0 spiro atoms. The first-order chi connectivity index (χ1) is 13.0. The summed E-state index contributed by atoms with van der Waals surface area (Å²) in [5.74, 6) is 0.251. The molecule has 0 radical (unpaired) electrons. The van der Waals surface area contributed by atoms with Crippen LogP contribution >= 0.6 is 11.3 Å². The van der Waals surface area contributed by atoms with Crippen LogP contribution in [0.5, 0.6) is 0 Å². The van der Waals surface area contributed by atoms with Crippen molar-refractivity contribution in [1.29, 1.82) is 5.41 Å². The Morgan fingerprint density at radius 2 is 2.04 bits per heavy atom. The van der Waals surface area contributed by atoms with Crippen LogP contribution in [0.15, 0.2) is 36.4 Å². The number of aliphatic hydroxyl groups is 1. The molecule has 0 amide bonds. The summed E-state index contributed by atoms with van der Waals surface area (Å²) in [7, 11) is 0. The Bertz CT molecular complexity index is 992. The van der Waals surface area contributed by atoms with Crippen molar-refractivity contribution in [3.05, 3.63) is 46.8 Å². The highest BCUT2D eigenvalue weighted by Gasteiger charge is 2.25. The normalized spacial score (nSPS) is 16.5. The van der Waals surface area contributed by atoms with Crippen LogP contribution in [0.4, 0.5) is 5.69 Å². The standard InChI is InChI=1S/C21H23N3O2S/c1-12(22)16-10-14(2-4-17(16)23)18-5-3-15-11-19(27-21(15)24-18)20(25)13-6-8-26-9-7-13/h2-5,10-11,13,20,22,25H,6-9,23H2,1H3. The van der Waals surface area contributed by atoms with Gasteiger partial charge in [-0.3, -0.25) is 0 Å². The van der Waals surface area contributed by atoms with Gasteiger partial charge in [-0.25, -0.2) is 4.98 Å². The zero-order valence-electron chi connectivity index (χ0n) is 15.2. The average molecular weight is 382 g/mol. The van der Waals surface area contributed by atoms with Gasteiger partial charge in [-0.15, -0.1) is 11.3 Å². The van der Waals surface area contributed by atoms with E-state index in [2.05, 4.69) is 0 Å². The van der Waals surface area contributed by atoms with Crippen LogP contribution in [-0.4, -0.2) is 29.0 Å². The van der Waals surface area contributed by atoms with E-state index in [1.54, 1.807) is 18.3 Å². The first kappa shape index (κ1) is 18.1. The first-order valence-corrected chi connectivity index (χ1v) is 9.96. The molecule has 1 aliphatic rings. The fourth-order valence-corrected chi connectivity index (χ4v) is 4.66. The third kappa shape index (κ3) is 3.60. The van der Waals surface area contributed by atoms with Crippen LogP contribution in [0.25, 0.3) is 21.5 Å². The fourth-order valence-electron chi connectivity index (χ4n) is 3.55. The molecular weight excluding hydrogens is 358 g/mol. The number of aromatic nitrogens is 1. The maximum absolute atomic E-state index is 10.8. The molecule has 1 aliphatic heterocycles. The van der Waals surface area contributed by atoms with Gasteiger partial charge in [0, 0.05) is 46.0 Å². The highest BCUT2D eigenvalue weighted by Crippen LogP contribution is 2.37. The van der Waals surface area contributed by atoms with Crippen molar-refractivity contribution < 1.29 is 9.84 Å². The molecule has 3 aromatic rings. The van der Waals surface area contributed by atoms with Crippen molar-refractivity contribution in [3.63, 3.8) is 0 Å². The molecule has 27 heavy (non-hydrogen) atoms. The maximum Gasteiger partial charge on any atom is 0.124 e. The van der Waals surface area contributed by atoms with Crippen LogP contribution in [0.1, 0.15) is 36.3 Å². The van der Waals surface area contributed by atoms with Crippen LogP contribution in [0.3, 0.4) is 0 Å². The number of rotatable bonds is 4. The molecule has 1 fully saturated rings. The fraction of sp³-hybridized carbons (Fsp3) is 0.333. The number of pyridine rings is 1. The lowest BCUT2D eigenvalue weighted by Crippen LogP contribution is -2.21. The monoisotopic (exact) mass is 381 g/mol. The molecule has 1 saturated heterocycles. The molecule has 0 aliphatic carbocycles. The number of thiophene rings is 1. The van der Waals surface area contributed by atoms with Gasteiger partial charge in [-0.1, -0.05) is 6.07 Å². The Morgan fingerprint density at radius 1 is 1.26 bits per heavy atom. The van der Waals surface area contributed by atoms with E-state index in [1.807, 2.05) is 36.4 Å².